The van der Waals surface area contributed by atoms with E-state index in [1.165, 1.54) is 34.3 Å². The molecule has 0 saturated carbocycles. The first-order valence-electron chi connectivity index (χ1n) is 16.4. The molecule has 2 aliphatic rings. The van der Waals surface area contributed by atoms with Crippen LogP contribution in [0.4, 0.5) is 4.39 Å². The molecule has 7 nitrogen and oxygen atoms in total. The fourth-order valence-electron chi connectivity index (χ4n) is 6.63. The summed E-state index contributed by atoms with van der Waals surface area (Å²) < 4.78 is 22.0. The molecule has 4 aromatic rings. The van der Waals surface area contributed by atoms with Crippen LogP contribution in [0.1, 0.15) is 33.6 Å². The van der Waals surface area contributed by atoms with Gasteiger partial charge in [0.15, 0.2) is 0 Å². The second-order valence-corrected chi connectivity index (χ2v) is 12.7. The quantitative estimate of drug-likeness (QED) is 0.204. The molecule has 0 unspecified atom stereocenters. The molecule has 0 atom stereocenters. The summed E-state index contributed by atoms with van der Waals surface area (Å²) in [6.07, 6.45) is 2.01. The van der Waals surface area contributed by atoms with Crippen LogP contribution in [0.5, 0.6) is 11.5 Å². The maximum Gasteiger partial charge on any atom is 0.254 e. The van der Waals surface area contributed by atoms with Crippen LogP contribution in [0, 0.1) is 19.7 Å². The van der Waals surface area contributed by atoms with Crippen molar-refractivity contribution in [3.8, 4) is 11.5 Å². The van der Waals surface area contributed by atoms with Gasteiger partial charge in [-0.05, 0) is 99.9 Å². The fourth-order valence-corrected chi connectivity index (χ4v) is 6.63. The van der Waals surface area contributed by atoms with Crippen molar-refractivity contribution in [2.75, 3.05) is 72.5 Å². The smallest absolute Gasteiger partial charge is 0.254 e. The van der Waals surface area contributed by atoms with Crippen LogP contribution in [0.15, 0.2) is 66.7 Å². The first-order valence-corrected chi connectivity index (χ1v) is 16.4. The molecule has 0 spiro atoms. The molecule has 0 radical (unpaired) electrons. The molecule has 2 fully saturated rings. The number of halogens is 2. The molecule has 3 heterocycles. The van der Waals surface area contributed by atoms with E-state index in [9.17, 15) is 9.18 Å². The van der Waals surface area contributed by atoms with E-state index in [4.69, 9.17) is 4.74 Å². The minimum Gasteiger partial charge on any atom is -0.457 e. The lowest BCUT2D eigenvalue weighted by atomic mass is 10.1. The van der Waals surface area contributed by atoms with Crippen LogP contribution in [0.25, 0.3) is 10.9 Å². The van der Waals surface area contributed by atoms with Crippen molar-refractivity contribution in [3.05, 3.63) is 94.9 Å². The standard InChI is InChI=1S/C37H46FN5O2.ClH/c1-28-29(2)43(16-5-15-40-20-18-39(3)19-21-40)36-13-12-34(27-35(28)36)45-33-7-4-6-31(26-33)37(44)42-24-22-41(23-25-42)17-14-30-8-10-32(38)11-9-30;/h4,6-13,26-27H,5,14-25H2,1-3H3;1H. The minimum absolute atomic E-state index is 0. The van der Waals surface area contributed by atoms with Crippen molar-refractivity contribution >= 4 is 29.2 Å². The van der Waals surface area contributed by atoms with Crippen molar-refractivity contribution in [2.24, 2.45) is 0 Å². The maximum atomic E-state index is 13.4. The van der Waals surface area contributed by atoms with E-state index < -0.39 is 0 Å². The van der Waals surface area contributed by atoms with E-state index >= 15 is 0 Å². The Morgan fingerprint density at radius 3 is 2.20 bits per heavy atom. The van der Waals surface area contributed by atoms with Gasteiger partial charge < -0.3 is 24.0 Å². The highest BCUT2D eigenvalue weighted by Crippen LogP contribution is 2.31. The van der Waals surface area contributed by atoms with Gasteiger partial charge in [0.05, 0.1) is 0 Å². The van der Waals surface area contributed by atoms with Crippen molar-refractivity contribution in [2.45, 2.75) is 33.2 Å². The first kappa shape index (κ1) is 33.9. The molecule has 2 saturated heterocycles. The number of hydrogen-bond donors (Lipinski definition) is 0. The average Bonchev–Trinajstić information content (AvgIpc) is 3.29. The van der Waals surface area contributed by atoms with E-state index in [1.54, 1.807) is 0 Å². The van der Waals surface area contributed by atoms with E-state index in [1.807, 2.05) is 47.4 Å². The van der Waals surface area contributed by atoms with Crippen molar-refractivity contribution in [1.29, 1.82) is 0 Å². The fraction of sp³-hybridized carbons (Fsp3) is 0.432. The third-order valence-corrected chi connectivity index (χ3v) is 9.67. The van der Waals surface area contributed by atoms with Gasteiger partial charge in [0, 0.05) is 87.6 Å². The molecule has 9 heteroatoms. The van der Waals surface area contributed by atoms with Crippen LogP contribution in [0.2, 0.25) is 0 Å². The monoisotopic (exact) mass is 647 g/mol. The molecule has 46 heavy (non-hydrogen) atoms. The Hall–Kier alpha value is -3.43. The predicted molar refractivity (Wildman–Crippen MR) is 186 cm³/mol. The lowest BCUT2D eigenvalue weighted by molar-refractivity contribution is 0.0638. The summed E-state index contributed by atoms with van der Waals surface area (Å²) in [5.74, 6) is 1.28. The van der Waals surface area contributed by atoms with Gasteiger partial charge >= 0.3 is 0 Å². The van der Waals surface area contributed by atoms with Gasteiger partial charge in [-0.2, -0.15) is 0 Å². The lowest BCUT2D eigenvalue weighted by Crippen LogP contribution is -2.49. The average molecular weight is 648 g/mol. The van der Waals surface area contributed by atoms with Crippen LogP contribution >= 0.6 is 12.4 Å². The van der Waals surface area contributed by atoms with Gasteiger partial charge in [0.2, 0.25) is 0 Å². The lowest BCUT2D eigenvalue weighted by Gasteiger charge is -2.34. The molecule has 0 N–H and O–H groups in total. The normalized spacial score (nSPS) is 16.5. The highest BCUT2D eigenvalue weighted by atomic mass is 35.5. The minimum atomic E-state index is -0.204. The Labute approximate surface area is 278 Å². The zero-order chi connectivity index (χ0) is 31.3. The number of hydrogen-bond acceptors (Lipinski definition) is 5. The summed E-state index contributed by atoms with van der Waals surface area (Å²) in [6, 6.07) is 20.6. The number of carbonyl (C=O) groups is 1. The Kier molecular flexibility index (Phi) is 11.4. The van der Waals surface area contributed by atoms with E-state index in [-0.39, 0.29) is 24.1 Å². The van der Waals surface area contributed by atoms with Crippen LogP contribution in [-0.4, -0.2) is 103 Å². The summed E-state index contributed by atoms with van der Waals surface area (Å²) in [6.45, 7) is 15.1. The highest BCUT2D eigenvalue weighted by molar-refractivity contribution is 5.94. The number of benzene rings is 3. The zero-order valence-electron chi connectivity index (χ0n) is 27.4. The molecule has 1 amide bonds. The Morgan fingerprint density at radius 2 is 1.46 bits per heavy atom. The van der Waals surface area contributed by atoms with Crippen LogP contribution in [0.3, 0.4) is 0 Å². The third-order valence-electron chi connectivity index (χ3n) is 9.67. The second kappa shape index (κ2) is 15.4. The summed E-state index contributed by atoms with van der Waals surface area (Å²) in [4.78, 5) is 22.7. The van der Waals surface area contributed by atoms with Crippen molar-refractivity contribution in [3.63, 3.8) is 0 Å². The van der Waals surface area contributed by atoms with Gasteiger partial charge in [-0.15, -0.1) is 12.4 Å². The number of nitrogens with zero attached hydrogens (tertiary/aromatic N) is 5. The predicted octanol–water partition coefficient (Wildman–Crippen LogP) is 6.25. The molecule has 246 valence electrons. The van der Waals surface area contributed by atoms with E-state index in [2.05, 4.69) is 52.3 Å². The second-order valence-electron chi connectivity index (χ2n) is 12.7. The van der Waals surface area contributed by atoms with Crippen LogP contribution < -0.4 is 4.74 Å². The Morgan fingerprint density at radius 1 is 0.783 bits per heavy atom. The zero-order valence-corrected chi connectivity index (χ0v) is 28.2. The molecule has 2 aliphatic heterocycles. The SMILES string of the molecule is Cc1c(C)n(CCCN2CCN(C)CC2)c2ccc(Oc3cccc(C(=O)N4CCN(CCc5ccc(F)cc5)CC4)c3)cc12.Cl. The number of fused-ring (bicyclic) bond motifs is 1. The van der Waals surface area contributed by atoms with E-state index in [0.29, 0.717) is 24.4 Å². The van der Waals surface area contributed by atoms with Gasteiger partial charge in [-0.3, -0.25) is 9.69 Å². The van der Waals surface area contributed by atoms with E-state index in [0.717, 1.165) is 83.1 Å². The Bertz CT molecular complexity index is 1610. The maximum absolute atomic E-state index is 13.4. The number of ether oxygens (including phenoxy) is 1. The number of carbonyl (C=O) groups excluding carboxylic acids is 1. The summed E-state index contributed by atoms with van der Waals surface area (Å²) in [7, 11) is 2.20. The van der Waals surface area contributed by atoms with Crippen molar-refractivity contribution in [1.82, 2.24) is 24.2 Å². The van der Waals surface area contributed by atoms with Gasteiger partial charge in [0.25, 0.3) is 5.91 Å². The summed E-state index contributed by atoms with van der Waals surface area (Å²) in [5, 5.41) is 1.22. The number of likely N-dealkylation sites (N-methyl/N-ethyl adjacent to an activating group) is 1. The summed E-state index contributed by atoms with van der Waals surface area (Å²) in [5.41, 5.74) is 5.62. The molecule has 0 aliphatic carbocycles. The third kappa shape index (κ3) is 8.10. The van der Waals surface area contributed by atoms with Crippen LogP contribution in [-0.2, 0) is 13.0 Å². The molecule has 1 aromatic heterocycles. The molecule has 3 aromatic carbocycles. The van der Waals surface area contributed by atoms with Gasteiger partial charge in [0.1, 0.15) is 17.3 Å². The highest BCUT2D eigenvalue weighted by Gasteiger charge is 2.22. The van der Waals surface area contributed by atoms with Gasteiger partial charge in [-0.25, -0.2) is 4.39 Å². The van der Waals surface area contributed by atoms with Gasteiger partial charge in [-0.1, -0.05) is 18.2 Å². The molecule has 6 rings (SSSR count). The Balaban J connectivity index is 0.00000417. The molecular formula is C37H47ClFN5O2. The number of amides is 1. The first-order chi connectivity index (χ1) is 21.8. The number of aryl methyl sites for hydroxylation is 2. The molecular weight excluding hydrogens is 601 g/mol. The largest absolute Gasteiger partial charge is 0.457 e. The molecule has 0 bridgehead atoms. The summed E-state index contributed by atoms with van der Waals surface area (Å²) >= 11 is 0. The van der Waals surface area contributed by atoms with Crippen molar-refractivity contribution < 1.29 is 13.9 Å². The topological polar surface area (TPSA) is 44.2 Å². The number of rotatable bonds is 10. The number of aromatic nitrogens is 1. The number of piperazine rings is 2.